The molecule has 0 bridgehead atoms. The first-order valence-electron chi connectivity index (χ1n) is 9.51. The van der Waals surface area contributed by atoms with E-state index in [4.69, 9.17) is 14.2 Å². The van der Waals surface area contributed by atoms with E-state index in [0.29, 0.717) is 28.3 Å². The first kappa shape index (κ1) is 21.9. The number of amides is 1. The quantitative estimate of drug-likeness (QED) is 0.543. The number of aliphatic hydroxyl groups is 1. The van der Waals surface area contributed by atoms with Gasteiger partial charge in [0.25, 0.3) is 5.91 Å². The molecule has 3 rings (SSSR count). The number of anilines is 1. The predicted molar refractivity (Wildman–Crippen MR) is 115 cm³/mol. The summed E-state index contributed by atoms with van der Waals surface area (Å²) in [6, 6.07) is 21.7. The van der Waals surface area contributed by atoms with E-state index in [-0.39, 0.29) is 0 Å². The van der Waals surface area contributed by atoms with Gasteiger partial charge in [0, 0.05) is 23.9 Å². The SMILES string of the molecule is COc1cc(NC(=O)COC(=O)C(O)(c2ccccc2)c2ccccc2)cc(OC)c1. The Hall–Kier alpha value is -3.84. The van der Waals surface area contributed by atoms with Gasteiger partial charge in [0.1, 0.15) is 11.5 Å². The maximum absolute atomic E-state index is 12.9. The maximum atomic E-state index is 12.9. The minimum atomic E-state index is -2.05. The molecule has 0 radical (unpaired) electrons. The number of hydrogen-bond donors (Lipinski definition) is 2. The molecule has 3 aromatic rings. The van der Waals surface area contributed by atoms with E-state index in [2.05, 4.69) is 5.32 Å². The molecular weight excluding hydrogens is 398 g/mol. The van der Waals surface area contributed by atoms with Crippen molar-refractivity contribution in [3.63, 3.8) is 0 Å². The fourth-order valence-electron chi connectivity index (χ4n) is 3.07. The summed E-state index contributed by atoms with van der Waals surface area (Å²) in [6.45, 7) is -0.583. The van der Waals surface area contributed by atoms with E-state index >= 15 is 0 Å². The summed E-state index contributed by atoms with van der Waals surface area (Å²) in [5, 5.41) is 13.9. The number of ether oxygens (including phenoxy) is 3. The Kier molecular flexibility index (Phi) is 6.89. The summed E-state index contributed by atoms with van der Waals surface area (Å²) in [5.74, 6) is -0.543. The smallest absolute Gasteiger partial charge is 0.348 e. The lowest BCUT2D eigenvalue weighted by Crippen LogP contribution is -2.39. The zero-order chi connectivity index (χ0) is 22.3. The molecule has 7 nitrogen and oxygen atoms in total. The van der Waals surface area contributed by atoms with E-state index in [0.717, 1.165) is 0 Å². The minimum Gasteiger partial charge on any atom is -0.497 e. The molecule has 0 saturated carbocycles. The molecule has 0 aliphatic carbocycles. The molecule has 0 aliphatic heterocycles. The Bertz CT molecular complexity index is 975. The Morgan fingerprint density at radius 1 is 0.839 bits per heavy atom. The van der Waals surface area contributed by atoms with Gasteiger partial charge in [0.2, 0.25) is 5.60 Å². The zero-order valence-corrected chi connectivity index (χ0v) is 17.2. The summed E-state index contributed by atoms with van der Waals surface area (Å²) in [7, 11) is 2.99. The second-order valence-corrected chi connectivity index (χ2v) is 6.67. The highest BCUT2D eigenvalue weighted by molar-refractivity contribution is 5.94. The van der Waals surface area contributed by atoms with Crippen LogP contribution in [-0.2, 0) is 19.9 Å². The summed E-state index contributed by atoms with van der Waals surface area (Å²) in [6.07, 6.45) is 0. The van der Waals surface area contributed by atoms with Crippen LogP contribution >= 0.6 is 0 Å². The van der Waals surface area contributed by atoms with Crippen LogP contribution in [-0.4, -0.2) is 37.8 Å². The highest BCUT2D eigenvalue weighted by Crippen LogP contribution is 2.31. The van der Waals surface area contributed by atoms with E-state index in [9.17, 15) is 14.7 Å². The molecule has 0 heterocycles. The van der Waals surface area contributed by atoms with Crippen LogP contribution in [0, 0.1) is 0 Å². The van der Waals surface area contributed by atoms with Crippen LogP contribution in [0.3, 0.4) is 0 Å². The number of benzene rings is 3. The third kappa shape index (κ3) is 5.02. The van der Waals surface area contributed by atoms with Gasteiger partial charge in [0.05, 0.1) is 14.2 Å². The number of carbonyl (C=O) groups excluding carboxylic acids is 2. The molecule has 0 aromatic heterocycles. The van der Waals surface area contributed by atoms with Crippen molar-refractivity contribution >= 4 is 17.6 Å². The van der Waals surface area contributed by atoms with E-state index in [1.54, 1.807) is 78.9 Å². The van der Waals surface area contributed by atoms with Crippen LogP contribution in [0.4, 0.5) is 5.69 Å². The minimum absolute atomic E-state index is 0.337. The average Bonchev–Trinajstić information content (AvgIpc) is 2.82. The third-order valence-electron chi connectivity index (χ3n) is 4.65. The number of esters is 1. The lowest BCUT2D eigenvalue weighted by Gasteiger charge is -2.27. The first-order valence-corrected chi connectivity index (χ1v) is 9.51. The van der Waals surface area contributed by atoms with Crippen LogP contribution in [0.2, 0.25) is 0 Å². The number of nitrogens with one attached hydrogen (secondary N) is 1. The number of hydrogen-bond acceptors (Lipinski definition) is 6. The molecule has 0 aliphatic rings. The molecule has 0 atom stereocenters. The molecule has 2 N–H and O–H groups in total. The molecule has 7 heteroatoms. The molecular formula is C24H23NO6. The highest BCUT2D eigenvalue weighted by Gasteiger charge is 2.41. The molecule has 0 saturated heterocycles. The fourth-order valence-corrected chi connectivity index (χ4v) is 3.07. The zero-order valence-electron chi connectivity index (χ0n) is 17.2. The monoisotopic (exact) mass is 421 g/mol. The van der Waals surface area contributed by atoms with Gasteiger partial charge in [-0.1, -0.05) is 60.7 Å². The van der Waals surface area contributed by atoms with Crippen molar-refractivity contribution < 1.29 is 28.9 Å². The van der Waals surface area contributed by atoms with Gasteiger partial charge < -0.3 is 24.6 Å². The van der Waals surface area contributed by atoms with Gasteiger partial charge in [-0.25, -0.2) is 4.79 Å². The van der Waals surface area contributed by atoms with Crippen molar-refractivity contribution in [2.75, 3.05) is 26.1 Å². The Morgan fingerprint density at radius 2 is 1.32 bits per heavy atom. The summed E-state index contributed by atoms with van der Waals surface area (Å²) in [5.41, 5.74) is -0.964. The molecule has 1 amide bonds. The predicted octanol–water partition coefficient (Wildman–Crippen LogP) is 3.12. The molecule has 0 spiro atoms. The Morgan fingerprint density at radius 3 is 1.77 bits per heavy atom. The van der Waals surface area contributed by atoms with E-state index in [1.165, 1.54) is 14.2 Å². The molecule has 3 aromatic carbocycles. The molecule has 0 fully saturated rings. The standard InChI is InChI=1S/C24H23NO6/c1-29-20-13-19(14-21(15-20)30-2)25-22(26)16-31-23(27)24(28,17-9-5-3-6-10-17)18-11-7-4-8-12-18/h3-15,28H,16H2,1-2H3,(H,25,26). The van der Waals surface area contributed by atoms with Crippen molar-refractivity contribution in [1.29, 1.82) is 0 Å². The molecule has 31 heavy (non-hydrogen) atoms. The van der Waals surface area contributed by atoms with Crippen molar-refractivity contribution in [1.82, 2.24) is 0 Å². The van der Waals surface area contributed by atoms with Crippen molar-refractivity contribution in [3.8, 4) is 11.5 Å². The lowest BCUT2D eigenvalue weighted by molar-refractivity contribution is -0.163. The highest BCUT2D eigenvalue weighted by atomic mass is 16.6. The van der Waals surface area contributed by atoms with E-state index in [1.807, 2.05) is 0 Å². The third-order valence-corrected chi connectivity index (χ3v) is 4.65. The second kappa shape index (κ2) is 9.77. The first-order chi connectivity index (χ1) is 15.0. The van der Waals surface area contributed by atoms with Crippen LogP contribution in [0.25, 0.3) is 0 Å². The van der Waals surface area contributed by atoms with Crippen molar-refractivity contribution in [3.05, 3.63) is 90.0 Å². The number of methoxy groups -OCH3 is 2. The number of rotatable bonds is 8. The maximum Gasteiger partial charge on any atom is 0.348 e. The topological polar surface area (TPSA) is 94.1 Å². The van der Waals surface area contributed by atoms with E-state index < -0.39 is 24.1 Å². The van der Waals surface area contributed by atoms with Gasteiger partial charge >= 0.3 is 5.97 Å². The Labute approximate surface area is 180 Å². The lowest BCUT2D eigenvalue weighted by atomic mass is 9.86. The number of carbonyl (C=O) groups is 2. The Balaban J connectivity index is 1.75. The second-order valence-electron chi connectivity index (χ2n) is 6.67. The van der Waals surface area contributed by atoms with Crippen LogP contribution in [0.15, 0.2) is 78.9 Å². The van der Waals surface area contributed by atoms with Crippen molar-refractivity contribution in [2.45, 2.75) is 5.60 Å². The summed E-state index contributed by atoms with van der Waals surface area (Å²) >= 11 is 0. The van der Waals surface area contributed by atoms with Crippen LogP contribution < -0.4 is 14.8 Å². The van der Waals surface area contributed by atoms with Gasteiger partial charge in [0.15, 0.2) is 6.61 Å². The fraction of sp³-hybridized carbons (Fsp3) is 0.167. The van der Waals surface area contributed by atoms with Gasteiger partial charge in [-0.05, 0) is 11.1 Å². The molecule has 160 valence electrons. The molecule has 0 unspecified atom stereocenters. The normalized spacial score (nSPS) is 10.8. The van der Waals surface area contributed by atoms with Gasteiger partial charge in [-0.3, -0.25) is 4.79 Å². The van der Waals surface area contributed by atoms with Crippen LogP contribution in [0.5, 0.6) is 11.5 Å². The average molecular weight is 421 g/mol. The van der Waals surface area contributed by atoms with Crippen LogP contribution in [0.1, 0.15) is 11.1 Å². The van der Waals surface area contributed by atoms with Gasteiger partial charge in [-0.2, -0.15) is 0 Å². The van der Waals surface area contributed by atoms with Gasteiger partial charge in [-0.15, -0.1) is 0 Å². The van der Waals surface area contributed by atoms with Crippen molar-refractivity contribution in [2.24, 2.45) is 0 Å². The largest absolute Gasteiger partial charge is 0.497 e. The summed E-state index contributed by atoms with van der Waals surface area (Å²) < 4.78 is 15.5. The summed E-state index contributed by atoms with van der Waals surface area (Å²) in [4.78, 5) is 25.3.